The predicted octanol–water partition coefficient (Wildman–Crippen LogP) is 1.25. The summed E-state index contributed by atoms with van der Waals surface area (Å²) in [5.41, 5.74) is 0. The van der Waals surface area contributed by atoms with E-state index in [4.69, 9.17) is 14.3 Å². The van der Waals surface area contributed by atoms with E-state index in [0.29, 0.717) is 18.2 Å². The average Bonchev–Trinajstić information content (AvgIpc) is 2.96. The van der Waals surface area contributed by atoms with Gasteiger partial charge in [0.1, 0.15) is 6.10 Å². The van der Waals surface area contributed by atoms with Gasteiger partial charge in [0.2, 0.25) is 11.6 Å². The normalized spacial score (nSPS) is 23.2. The molecule has 0 aromatic carbocycles. The Morgan fingerprint density at radius 2 is 2.28 bits per heavy atom. The molecule has 0 bridgehead atoms. The van der Waals surface area contributed by atoms with Crippen LogP contribution >= 0.6 is 0 Å². The van der Waals surface area contributed by atoms with E-state index in [9.17, 15) is 4.79 Å². The molecule has 1 fully saturated rings. The lowest BCUT2D eigenvalue weighted by atomic mass is 10.3. The number of aromatic carboxylic acids is 1. The van der Waals surface area contributed by atoms with Gasteiger partial charge in [-0.2, -0.15) is 0 Å². The van der Waals surface area contributed by atoms with E-state index in [2.05, 4.69) is 10.2 Å². The van der Waals surface area contributed by atoms with Crippen molar-refractivity contribution in [2.45, 2.75) is 18.9 Å². The zero-order valence-corrected chi connectivity index (χ0v) is 10.0. The number of carbonyl (C=O) groups is 1. The van der Waals surface area contributed by atoms with Crippen LogP contribution in [0.2, 0.25) is 0 Å². The molecule has 98 valence electrons. The molecule has 0 spiro atoms. The smallest absolute Gasteiger partial charge is 0.372 e. The number of likely N-dealkylation sites (tertiary alicyclic amines) is 1. The van der Waals surface area contributed by atoms with Gasteiger partial charge in [0.25, 0.3) is 0 Å². The number of hydrogen-bond acceptors (Lipinski definition) is 5. The highest BCUT2D eigenvalue weighted by molar-refractivity contribution is 5.86. The van der Waals surface area contributed by atoms with Crippen molar-refractivity contribution in [3.63, 3.8) is 0 Å². The second-order valence-electron chi connectivity index (χ2n) is 4.74. The van der Waals surface area contributed by atoms with Crippen molar-refractivity contribution < 1.29 is 19.1 Å². The molecule has 2 N–H and O–H groups in total. The zero-order valence-electron chi connectivity index (χ0n) is 10.0. The molecule has 18 heavy (non-hydrogen) atoms. The van der Waals surface area contributed by atoms with Gasteiger partial charge >= 0.3 is 5.97 Å². The van der Waals surface area contributed by atoms with E-state index in [1.165, 1.54) is 18.9 Å². The molecule has 6 heteroatoms. The fourth-order valence-electron chi connectivity index (χ4n) is 2.47. The van der Waals surface area contributed by atoms with Crippen LogP contribution in [0, 0.1) is 0 Å². The lowest BCUT2D eigenvalue weighted by molar-refractivity contribution is 0.0663. The minimum absolute atomic E-state index is 0.0508. The quantitative estimate of drug-likeness (QED) is 0.843. The predicted molar refractivity (Wildman–Crippen MR) is 64.2 cm³/mol. The highest BCUT2D eigenvalue weighted by Crippen LogP contribution is 2.33. The molecule has 0 aliphatic carbocycles. The minimum atomic E-state index is -1.08. The zero-order chi connectivity index (χ0) is 12.5. The van der Waals surface area contributed by atoms with Crippen molar-refractivity contribution in [1.82, 2.24) is 4.90 Å². The summed E-state index contributed by atoms with van der Waals surface area (Å²) in [5, 5.41) is 11.9. The summed E-state index contributed by atoms with van der Waals surface area (Å²) >= 11 is 0. The fraction of sp³-hybridized carbons (Fsp3) is 0.583. The van der Waals surface area contributed by atoms with Gasteiger partial charge in [0.05, 0.1) is 6.54 Å². The second-order valence-corrected chi connectivity index (χ2v) is 4.74. The first-order chi connectivity index (χ1) is 8.72. The van der Waals surface area contributed by atoms with Crippen molar-refractivity contribution in [3.8, 4) is 5.75 Å². The summed E-state index contributed by atoms with van der Waals surface area (Å²) in [5.74, 6) is -0.242. The van der Waals surface area contributed by atoms with E-state index < -0.39 is 5.97 Å². The Balaban J connectivity index is 1.66. The summed E-state index contributed by atoms with van der Waals surface area (Å²) in [6, 6.07) is 1.43. The first-order valence-corrected chi connectivity index (χ1v) is 6.22. The van der Waals surface area contributed by atoms with Gasteiger partial charge in [0.15, 0.2) is 5.75 Å². The standard InChI is InChI=1S/C12H16N2O4/c15-12(16)10-5-9-11(18-10)13-6-8(17-9)7-14-3-1-2-4-14/h5,8,13H,1-4,6-7H2,(H,15,16). The molecule has 2 aliphatic rings. The minimum Gasteiger partial charge on any atom is -0.481 e. The second kappa shape index (κ2) is 4.53. The van der Waals surface area contributed by atoms with Gasteiger partial charge in [-0.1, -0.05) is 0 Å². The van der Waals surface area contributed by atoms with Crippen LogP contribution in [0.25, 0.3) is 0 Å². The summed E-state index contributed by atoms with van der Waals surface area (Å²) in [6.45, 7) is 3.77. The first kappa shape index (κ1) is 11.4. The van der Waals surface area contributed by atoms with Crippen molar-refractivity contribution in [2.75, 3.05) is 31.5 Å². The molecular weight excluding hydrogens is 236 g/mol. The van der Waals surface area contributed by atoms with E-state index >= 15 is 0 Å². The monoisotopic (exact) mass is 252 g/mol. The van der Waals surface area contributed by atoms with E-state index in [1.807, 2.05) is 0 Å². The van der Waals surface area contributed by atoms with E-state index in [0.717, 1.165) is 19.6 Å². The average molecular weight is 252 g/mol. The molecule has 1 atom stereocenters. The molecule has 6 nitrogen and oxygen atoms in total. The largest absolute Gasteiger partial charge is 0.481 e. The lowest BCUT2D eigenvalue weighted by Crippen LogP contribution is -2.40. The number of hydrogen-bond donors (Lipinski definition) is 2. The molecule has 1 aromatic heterocycles. The number of nitrogens with one attached hydrogen (secondary N) is 1. The van der Waals surface area contributed by atoms with Crippen LogP contribution in [0.1, 0.15) is 23.4 Å². The van der Waals surface area contributed by atoms with Crippen LogP contribution in [-0.2, 0) is 0 Å². The number of fused-ring (bicyclic) bond motifs is 1. The SMILES string of the molecule is O=C(O)c1cc2c(o1)NCC(CN1CCCC1)O2. The van der Waals surface area contributed by atoms with Crippen molar-refractivity contribution in [3.05, 3.63) is 11.8 Å². The Morgan fingerprint density at radius 3 is 3.00 bits per heavy atom. The molecule has 2 aliphatic heterocycles. The fourth-order valence-corrected chi connectivity index (χ4v) is 2.47. The first-order valence-electron chi connectivity index (χ1n) is 6.22. The van der Waals surface area contributed by atoms with Crippen LogP contribution in [-0.4, -0.2) is 48.3 Å². The highest BCUT2D eigenvalue weighted by Gasteiger charge is 2.27. The molecule has 1 saturated heterocycles. The molecule has 0 amide bonds. The van der Waals surface area contributed by atoms with Gasteiger partial charge in [-0.25, -0.2) is 4.79 Å². The van der Waals surface area contributed by atoms with Gasteiger partial charge < -0.3 is 19.6 Å². The Bertz CT molecular complexity index is 451. The number of anilines is 1. The number of furan rings is 1. The Hall–Kier alpha value is -1.69. The molecule has 1 unspecified atom stereocenters. The van der Waals surface area contributed by atoms with Crippen LogP contribution in [0.4, 0.5) is 5.88 Å². The summed E-state index contributed by atoms with van der Waals surface area (Å²) in [7, 11) is 0. The highest BCUT2D eigenvalue weighted by atomic mass is 16.5. The number of carboxylic acids is 1. The molecule has 3 heterocycles. The Morgan fingerprint density at radius 1 is 1.50 bits per heavy atom. The summed E-state index contributed by atoms with van der Waals surface area (Å²) in [6.07, 6.45) is 2.55. The summed E-state index contributed by atoms with van der Waals surface area (Å²) in [4.78, 5) is 13.2. The van der Waals surface area contributed by atoms with E-state index in [1.54, 1.807) is 0 Å². The lowest BCUT2D eigenvalue weighted by Gasteiger charge is -2.27. The number of ether oxygens (including phenoxy) is 1. The van der Waals surface area contributed by atoms with Gasteiger partial charge in [0, 0.05) is 12.6 Å². The van der Waals surface area contributed by atoms with Gasteiger partial charge in [-0.3, -0.25) is 4.90 Å². The van der Waals surface area contributed by atoms with Crippen molar-refractivity contribution in [2.24, 2.45) is 0 Å². The Kier molecular flexibility index (Phi) is 2.87. The number of rotatable bonds is 3. The molecule has 0 radical (unpaired) electrons. The molecule has 0 saturated carbocycles. The third-order valence-electron chi connectivity index (χ3n) is 3.35. The molecule has 1 aromatic rings. The van der Waals surface area contributed by atoms with E-state index in [-0.39, 0.29) is 11.9 Å². The van der Waals surface area contributed by atoms with Crippen LogP contribution in [0.3, 0.4) is 0 Å². The number of carboxylic acid groups (broad SMARTS) is 1. The summed E-state index contributed by atoms with van der Waals surface area (Å²) < 4.78 is 10.9. The molecular formula is C12H16N2O4. The third-order valence-corrected chi connectivity index (χ3v) is 3.35. The molecule has 3 rings (SSSR count). The van der Waals surface area contributed by atoms with Crippen molar-refractivity contribution >= 4 is 11.9 Å². The maximum absolute atomic E-state index is 10.8. The van der Waals surface area contributed by atoms with Gasteiger partial charge in [-0.05, 0) is 25.9 Å². The van der Waals surface area contributed by atoms with Gasteiger partial charge in [-0.15, -0.1) is 0 Å². The maximum atomic E-state index is 10.8. The van der Waals surface area contributed by atoms with Crippen LogP contribution in [0.5, 0.6) is 5.75 Å². The Labute approximate surface area is 105 Å². The van der Waals surface area contributed by atoms with Crippen molar-refractivity contribution in [1.29, 1.82) is 0 Å². The topological polar surface area (TPSA) is 74.9 Å². The third kappa shape index (κ3) is 2.15. The number of nitrogens with zero attached hydrogens (tertiary/aromatic N) is 1. The van der Waals surface area contributed by atoms with Crippen LogP contribution < -0.4 is 10.1 Å². The van der Waals surface area contributed by atoms with Crippen LogP contribution in [0.15, 0.2) is 10.5 Å². The maximum Gasteiger partial charge on any atom is 0.372 e.